The Morgan fingerprint density at radius 1 is 0.463 bits per heavy atom. The molecule has 0 bridgehead atoms. The van der Waals surface area contributed by atoms with Gasteiger partial charge in [-0.3, -0.25) is 0 Å². The van der Waals surface area contributed by atoms with E-state index in [0.29, 0.717) is 11.1 Å². The Hall–Kier alpha value is -7.28. The van der Waals surface area contributed by atoms with Crippen LogP contribution < -0.4 is 0 Å². The summed E-state index contributed by atoms with van der Waals surface area (Å²) >= 11 is 0. The molecule has 0 N–H and O–H groups in total. The average molecular weight is 695 g/mol. The molecule has 54 heavy (non-hydrogen) atoms. The van der Waals surface area contributed by atoms with Crippen LogP contribution >= 0.6 is 0 Å². The van der Waals surface area contributed by atoms with Gasteiger partial charge in [0, 0.05) is 48.7 Å². The molecule has 0 unspecified atom stereocenters. The fraction of sp³-hybridized carbons (Fsp3) is 0.0833. The lowest BCUT2D eigenvalue weighted by molar-refractivity contribution is 0.584. The molecular formula is C48H30N4O2. The molecule has 0 amide bonds. The lowest BCUT2D eigenvalue weighted by atomic mass is 9.81. The van der Waals surface area contributed by atoms with Crippen LogP contribution in [0.1, 0.15) is 37.5 Å². The van der Waals surface area contributed by atoms with Crippen molar-refractivity contribution in [3.8, 4) is 23.5 Å². The van der Waals surface area contributed by atoms with Crippen LogP contribution in [0.15, 0.2) is 136 Å². The first-order chi connectivity index (χ1) is 26.4. The second-order valence-corrected chi connectivity index (χ2v) is 15.1. The smallest absolute Gasteiger partial charge is 0.160 e. The van der Waals surface area contributed by atoms with Gasteiger partial charge in [-0.15, -0.1) is 0 Å². The number of aromatic nitrogens is 2. The van der Waals surface area contributed by atoms with E-state index in [2.05, 4.69) is 103 Å². The lowest BCUT2D eigenvalue weighted by Gasteiger charge is -2.30. The highest BCUT2D eigenvalue weighted by molar-refractivity contribution is 6.23. The van der Waals surface area contributed by atoms with Gasteiger partial charge in [0.1, 0.15) is 23.3 Å². The molecule has 0 atom stereocenters. The van der Waals surface area contributed by atoms with Crippen molar-refractivity contribution in [1.29, 1.82) is 10.5 Å². The Kier molecular flexibility index (Phi) is 5.98. The number of hydrogen-bond acceptors (Lipinski definition) is 4. The summed E-state index contributed by atoms with van der Waals surface area (Å²) in [6.45, 7) is 6.48. The number of nitriles is 2. The summed E-state index contributed by atoms with van der Waals surface area (Å²) in [6, 6.07) is 48.3. The van der Waals surface area contributed by atoms with Crippen LogP contribution in [-0.2, 0) is 5.41 Å². The van der Waals surface area contributed by atoms with E-state index in [1.807, 2.05) is 60.7 Å². The molecule has 0 saturated heterocycles. The zero-order chi connectivity index (χ0) is 36.5. The first-order valence-electron chi connectivity index (χ1n) is 18.1. The summed E-state index contributed by atoms with van der Waals surface area (Å²) in [4.78, 5) is 0. The third kappa shape index (κ3) is 3.86. The Bertz CT molecular complexity index is 3290. The van der Waals surface area contributed by atoms with Crippen molar-refractivity contribution in [2.24, 2.45) is 0 Å². The fourth-order valence-electron chi connectivity index (χ4n) is 8.93. The second kappa shape index (κ2) is 10.6. The molecule has 0 radical (unpaired) electrons. The summed E-state index contributed by atoms with van der Waals surface area (Å²) in [6.07, 6.45) is 0. The molecule has 4 heterocycles. The maximum Gasteiger partial charge on any atom is 0.160 e. The maximum absolute atomic E-state index is 11.1. The van der Waals surface area contributed by atoms with E-state index in [0.717, 1.165) is 104 Å². The second-order valence-electron chi connectivity index (χ2n) is 15.1. The van der Waals surface area contributed by atoms with Gasteiger partial charge in [0.15, 0.2) is 11.2 Å². The average Bonchev–Trinajstić information content (AvgIpc) is 3.94. The van der Waals surface area contributed by atoms with E-state index in [4.69, 9.17) is 8.83 Å². The van der Waals surface area contributed by atoms with Crippen LogP contribution in [0.5, 0.6) is 0 Å². The molecule has 0 saturated carbocycles. The molecule has 0 aliphatic heterocycles. The van der Waals surface area contributed by atoms with Gasteiger partial charge in [-0.05, 0) is 47.9 Å². The van der Waals surface area contributed by atoms with Gasteiger partial charge < -0.3 is 18.0 Å². The first-order valence-corrected chi connectivity index (χ1v) is 18.1. The minimum atomic E-state index is -0.567. The van der Waals surface area contributed by atoms with Crippen LogP contribution in [-0.4, -0.2) is 9.13 Å². The molecule has 0 aliphatic rings. The van der Waals surface area contributed by atoms with Gasteiger partial charge in [-0.2, -0.15) is 10.5 Å². The van der Waals surface area contributed by atoms with Crippen molar-refractivity contribution < 1.29 is 8.83 Å². The third-order valence-electron chi connectivity index (χ3n) is 11.1. The number of rotatable bonds is 2. The van der Waals surface area contributed by atoms with Gasteiger partial charge in [-0.25, -0.2) is 0 Å². The van der Waals surface area contributed by atoms with E-state index in [1.54, 1.807) is 6.07 Å². The molecule has 6 heteroatoms. The molecule has 0 aliphatic carbocycles. The molecule has 4 aromatic heterocycles. The zero-order valence-electron chi connectivity index (χ0n) is 29.7. The highest BCUT2D eigenvalue weighted by Crippen LogP contribution is 2.48. The van der Waals surface area contributed by atoms with Crippen molar-refractivity contribution >= 4 is 87.5 Å². The Labute approximate surface area is 308 Å². The van der Waals surface area contributed by atoms with E-state index >= 15 is 0 Å². The fourth-order valence-corrected chi connectivity index (χ4v) is 8.93. The topological polar surface area (TPSA) is 83.7 Å². The van der Waals surface area contributed by atoms with Gasteiger partial charge in [-0.1, -0.05) is 106 Å². The normalized spacial score (nSPS) is 12.3. The molecule has 11 rings (SSSR count). The molecule has 0 spiro atoms. The molecular weight excluding hydrogens is 665 g/mol. The highest BCUT2D eigenvalue weighted by Gasteiger charge is 2.33. The van der Waals surface area contributed by atoms with E-state index in [-0.39, 0.29) is 0 Å². The number of para-hydroxylation sites is 4. The summed E-state index contributed by atoms with van der Waals surface area (Å²) in [5, 5.41) is 30.3. The number of benzene rings is 7. The van der Waals surface area contributed by atoms with Crippen molar-refractivity contribution in [3.05, 3.63) is 144 Å². The summed E-state index contributed by atoms with van der Waals surface area (Å²) in [5.41, 5.74) is 9.31. The van der Waals surface area contributed by atoms with Gasteiger partial charge >= 0.3 is 0 Å². The molecule has 0 fully saturated rings. The molecule has 254 valence electrons. The van der Waals surface area contributed by atoms with Crippen molar-refractivity contribution in [1.82, 2.24) is 9.13 Å². The quantitative estimate of drug-likeness (QED) is 0.180. The Morgan fingerprint density at radius 3 is 1.28 bits per heavy atom. The van der Waals surface area contributed by atoms with Crippen LogP contribution in [0, 0.1) is 22.7 Å². The van der Waals surface area contributed by atoms with Crippen molar-refractivity contribution in [2.45, 2.75) is 26.2 Å². The monoisotopic (exact) mass is 694 g/mol. The Morgan fingerprint density at radius 2 is 0.852 bits per heavy atom. The number of hydrogen-bond donors (Lipinski definition) is 0. The predicted molar refractivity (Wildman–Crippen MR) is 218 cm³/mol. The number of fused-ring (bicyclic) bond motifs is 14. The summed E-state index contributed by atoms with van der Waals surface area (Å²) < 4.78 is 17.9. The van der Waals surface area contributed by atoms with Gasteiger partial charge in [0.25, 0.3) is 0 Å². The molecule has 11 aromatic rings. The number of nitrogens with zero attached hydrogens (tertiary/aromatic N) is 4. The highest BCUT2D eigenvalue weighted by atomic mass is 16.3. The largest absolute Gasteiger partial charge is 0.454 e. The van der Waals surface area contributed by atoms with Crippen LogP contribution in [0.3, 0.4) is 0 Å². The minimum Gasteiger partial charge on any atom is -0.454 e. The lowest BCUT2D eigenvalue weighted by Crippen LogP contribution is -2.21. The van der Waals surface area contributed by atoms with E-state index < -0.39 is 5.41 Å². The van der Waals surface area contributed by atoms with Crippen LogP contribution in [0.4, 0.5) is 0 Å². The SMILES string of the molecule is CC(C)(C)c1c(-n2c3ccccc3c3ccc4c5ccccc5oc4c32)c(C#N)cc(C#N)c1-n1c2ccccc2c2ccc3c4ccccc4oc3c21. The predicted octanol–water partition coefficient (Wildman–Crippen LogP) is 12.7. The molecule has 6 nitrogen and oxygen atoms in total. The standard InChI is InChI=1S/C48H30N4O2/c1-48(2,3)41-42(51-37-16-8-4-12-29(37)33-20-22-35-31-14-6-10-18-39(31)53-46(35)44(33)51)27(25-49)24-28(26-50)43(41)52-38-17-9-5-13-30(38)34-21-23-36-32-15-7-11-19-40(32)54-47(36)45(34)52/h4-24H,1-3H3. The van der Waals surface area contributed by atoms with Crippen LogP contribution in [0.25, 0.3) is 98.9 Å². The molecule has 7 aromatic carbocycles. The van der Waals surface area contributed by atoms with Crippen molar-refractivity contribution in [2.75, 3.05) is 0 Å². The van der Waals surface area contributed by atoms with Crippen LogP contribution in [0.2, 0.25) is 0 Å². The van der Waals surface area contributed by atoms with E-state index in [1.165, 1.54) is 0 Å². The zero-order valence-corrected chi connectivity index (χ0v) is 29.7. The Balaban J connectivity index is 1.40. The van der Waals surface area contributed by atoms with E-state index in [9.17, 15) is 10.5 Å². The number of furan rings is 2. The summed E-state index contributed by atoms with van der Waals surface area (Å²) in [7, 11) is 0. The van der Waals surface area contributed by atoms with Gasteiger partial charge in [0.05, 0.1) is 44.6 Å². The minimum absolute atomic E-state index is 0.408. The van der Waals surface area contributed by atoms with Crippen molar-refractivity contribution in [3.63, 3.8) is 0 Å². The maximum atomic E-state index is 11.1. The third-order valence-corrected chi connectivity index (χ3v) is 11.1. The first kappa shape index (κ1) is 30.4. The summed E-state index contributed by atoms with van der Waals surface area (Å²) in [5.74, 6) is 0. The van der Waals surface area contributed by atoms with Gasteiger partial charge in [0.2, 0.25) is 0 Å².